The van der Waals surface area contributed by atoms with E-state index in [9.17, 15) is 14.9 Å². The molecule has 0 saturated heterocycles. The smallest absolute Gasteiger partial charge is 0.349 e. The molecule has 2 rings (SSSR count). The summed E-state index contributed by atoms with van der Waals surface area (Å²) < 4.78 is 15.2. The van der Waals surface area contributed by atoms with E-state index in [2.05, 4.69) is 5.32 Å². The molecular formula is C21H20N2O5. The van der Waals surface area contributed by atoms with Crippen molar-refractivity contribution in [3.8, 4) is 17.6 Å². The summed E-state index contributed by atoms with van der Waals surface area (Å²) in [6.45, 7) is -0.261. The number of rotatable bonds is 8. The van der Waals surface area contributed by atoms with E-state index in [1.807, 2.05) is 18.2 Å². The lowest BCUT2D eigenvalue weighted by atomic mass is 10.1. The number of carbonyl (C=O) groups is 2. The van der Waals surface area contributed by atoms with Crippen LogP contribution in [0.2, 0.25) is 0 Å². The second-order valence-electron chi connectivity index (χ2n) is 5.61. The number of methoxy groups -OCH3 is 2. The molecule has 0 saturated carbocycles. The molecular weight excluding hydrogens is 360 g/mol. The molecule has 0 radical (unpaired) electrons. The van der Waals surface area contributed by atoms with Crippen molar-refractivity contribution in [2.45, 2.75) is 6.54 Å². The van der Waals surface area contributed by atoms with Crippen LogP contribution in [0.25, 0.3) is 6.08 Å². The molecule has 0 unspecified atom stereocenters. The quantitative estimate of drug-likeness (QED) is 0.429. The van der Waals surface area contributed by atoms with Gasteiger partial charge in [0, 0.05) is 12.1 Å². The molecule has 1 amide bonds. The highest BCUT2D eigenvalue weighted by molar-refractivity contribution is 5.98. The summed E-state index contributed by atoms with van der Waals surface area (Å²) in [6.07, 6.45) is 1.38. The number of carbonyl (C=O) groups excluding carboxylic acids is 2. The molecule has 0 atom stereocenters. The lowest BCUT2D eigenvalue weighted by molar-refractivity contribution is -0.144. The maximum Gasteiger partial charge on any atom is 0.349 e. The van der Waals surface area contributed by atoms with Gasteiger partial charge in [-0.05, 0) is 29.8 Å². The normalized spacial score (nSPS) is 10.5. The van der Waals surface area contributed by atoms with Gasteiger partial charge < -0.3 is 19.5 Å². The van der Waals surface area contributed by atoms with Crippen molar-refractivity contribution in [3.05, 3.63) is 65.2 Å². The number of hydrogen-bond acceptors (Lipinski definition) is 6. The van der Waals surface area contributed by atoms with E-state index < -0.39 is 18.5 Å². The van der Waals surface area contributed by atoms with Crippen LogP contribution >= 0.6 is 0 Å². The monoisotopic (exact) mass is 380 g/mol. The Morgan fingerprint density at radius 1 is 1.07 bits per heavy atom. The highest BCUT2D eigenvalue weighted by atomic mass is 16.5. The molecule has 0 bridgehead atoms. The minimum atomic E-state index is -0.870. The van der Waals surface area contributed by atoms with Crippen LogP contribution in [0.15, 0.2) is 54.1 Å². The van der Waals surface area contributed by atoms with Gasteiger partial charge in [0.25, 0.3) is 5.91 Å². The van der Waals surface area contributed by atoms with Crippen LogP contribution in [-0.4, -0.2) is 32.7 Å². The van der Waals surface area contributed by atoms with E-state index in [0.717, 1.165) is 5.56 Å². The number of hydrogen-bond donors (Lipinski definition) is 1. The maximum atomic E-state index is 12.0. The van der Waals surface area contributed by atoms with Crippen LogP contribution in [0.4, 0.5) is 0 Å². The zero-order chi connectivity index (χ0) is 20.4. The third-order valence-corrected chi connectivity index (χ3v) is 3.77. The molecule has 0 aromatic heterocycles. The summed E-state index contributed by atoms with van der Waals surface area (Å²) in [6, 6.07) is 15.8. The number of amides is 1. The maximum absolute atomic E-state index is 12.0. The van der Waals surface area contributed by atoms with Gasteiger partial charge in [0.1, 0.15) is 23.1 Å². The van der Waals surface area contributed by atoms with Crippen molar-refractivity contribution in [1.82, 2.24) is 5.32 Å². The average Bonchev–Trinajstić information content (AvgIpc) is 2.74. The highest BCUT2D eigenvalue weighted by Gasteiger charge is 2.13. The van der Waals surface area contributed by atoms with Crippen molar-refractivity contribution >= 4 is 18.0 Å². The Balaban J connectivity index is 1.89. The van der Waals surface area contributed by atoms with Gasteiger partial charge >= 0.3 is 5.97 Å². The number of nitriles is 1. The fraction of sp³-hybridized carbons (Fsp3) is 0.190. The number of esters is 1. The van der Waals surface area contributed by atoms with Crippen molar-refractivity contribution in [2.24, 2.45) is 0 Å². The summed E-state index contributed by atoms with van der Waals surface area (Å²) >= 11 is 0. The number of benzene rings is 2. The predicted molar refractivity (Wildman–Crippen MR) is 102 cm³/mol. The van der Waals surface area contributed by atoms with Crippen LogP contribution in [0.1, 0.15) is 11.1 Å². The molecule has 0 spiro atoms. The number of nitrogens with zero attached hydrogens (tertiary/aromatic N) is 1. The molecule has 0 aliphatic heterocycles. The van der Waals surface area contributed by atoms with Gasteiger partial charge in [-0.25, -0.2) is 4.79 Å². The van der Waals surface area contributed by atoms with Gasteiger partial charge in [0.15, 0.2) is 6.61 Å². The Morgan fingerprint density at radius 3 is 2.43 bits per heavy atom. The molecule has 144 valence electrons. The molecule has 2 aromatic carbocycles. The van der Waals surface area contributed by atoms with Gasteiger partial charge in [0.05, 0.1) is 14.2 Å². The van der Waals surface area contributed by atoms with Gasteiger partial charge in [-0.2, -0.15) is 5.26 Å². The lowest BCUT2D eigenvalue weighted by Gasteiger charge is -2.09. The average molecular weight is 380 g/mol. The van der Waals surface area contributed by atoms with Crippen LogP contribution in [0.5, 0.6) is 11.5 Å². The zero-order valence-corrected chi connectivity index (χ0v) is 15.6. The van der Waals surface area contributed by atoms with Crippen LogP contribution in [-0.2, 0) is 20.9 Å². The number of ether oxygens (including phenoxy) is 3. The number of nitrogens with one attached hydrogen (secondary N) is 1. The summed E-state index contributed by atoms with van der Waals surface area (Å²) in [7, 11) is 3.09. The van der Waals surface area contributed by atoms with Gasteiger partial charge in [0.2, 0.25) is 0 Å². The predicted octanol–water partition coefficient (Wildman–Crippen LogP) is 2.47. The first-order valence-corrected chi connectivity index (χ1v) is 8.39. The minimum absolute atomic E-state index is 0.206. The molecule has 7 nitrogen and oxygen atoms in total. The Bertz CT molecular complexity index is 898. The van der Waals surface area contributed by atoms with E-state index in [1.165, 1.54) is 6.08 Å². The summed E-state index contributed by atoms with van der Waals surface area (Å²) in [5.41, 5.74) is 1.22. The SMILES string of the molecule is COc1ccc(/C=C(/C#N)C(=O)OCC(=O)NCc2ccccc2OC)cc1. The van der Waals surface area contributed by atoms with E-state index >= 15 is 0 Å². The van der Waals surface area contributed by atoms with E-state index in [0.29, 0.717) is 17.1 Å². The van der Waals surface area contributed by atoms with Crippen molar-refractivity contribution in [1.29, 1.82) is 5.26 Å². The first-order valence-electron chi connectivity index (χ1n) is 8.39. The second-order valence-corrected chi connectivity index (χ2v) is 5.61. The Kier molecular flexibility index (Phi) is 7.61. The van der Waals surface area contributed by atoms with E-state index in [1.54, 1.807) is 50.6 Å². The topological polar surface area (TPSA) is 97.6 Å². The van der Waals surface area contributed by atoms with E-state index in [-0.39, 0.29) is 12.1 Å². The second kappa shape index (κ2) is 10.4. The highest BCUT2D eigenvalue weighted by Crippen LogP contribution is 2.17. The molecule has 7 heteroatoms. The van der Waals surface area contributed by atoms with Gasteiger partial charge in [-0.15, -0.1) is 0 Å². The lowest BCUT2D eigenvalue weighted by Crippen LogP contribution is -2.28. The molecule has 2 aromatic rings. The summed E-state index contributed by atoms with van der Waals surface area (Å²) in [4.78, 5) is 24.0. The largest absolute Gasteiger partial charge is 0.497 e. The first-order chi connectivity index (χ1) is 13.6. The Hall–Kier alpha value is -3.79. The molecule has 1 N–H and O–H groups in total. The van der Waals surface area contributed by atoms with Crippen LogP contribution in [0, 0.1) is 11.3 Å². The molecule has 0 aliphatic carbocycles. The Labute approximate surface area is 163 Å². The van der Waals surface area contributed by atoms with Crippen LogP contribution in [0.3, 0.4) is 0 Å². The van der Waals surface area contributed by atoms with E-state index in [4.69, 9.17) is 14.2 Å². The molecule has 0 fully saturated rings. The van der Waals surface area contributed by atoms with Gasteiger partial charge in [-0.3, -0.25) is 4.79 Å². The third kappa shape index (κ3) is 5.88. The fourth-order valence-corrected chi connectivity index (χ4v) is 2.31. The summed E-state index contributed by atoms with van der Waals surface area (Å²) in [5.74, 6) is -0.0503. The zero-order valence-electron chi connectivity index (χ0n) is 15.6. The minimum Gasteiger partial charge on any atom is -0.497 e. The van der Waals surface area contributed by atoms with Crippen molar-refractivity contribution in [3.63, 3.8) is 0 Å². The summed E-state index contributed by atoms with van der Waals surface area (Å²) in [5, 5.41) is 11.8. The molecule has 0 heterocycles. The molecule has 0 aliphatic rings. The van der Waals surface area contributed by atoms with Gasteiger partial charge in [-0.1, -0.05) is 30.3 Å². The third-order valence-electron chi connectivity index (χ3n) is 3.77. The number of para-hydroxylation sites is 1. The Morgan fingerprint density at radius 2 is 1.79 bits per heavy atom. The van der Waals surface area contributed by atoms with Crippen molar-refractivity contribution < 1.29 is 23.8 Å². The standard InChI is InChI=1S/C21H20N2O5/c1-26-18-9-7-15(8-10-18)11-17(12-22)21(25)28-14-20(24)23-13-16-5-3-4-6-19(16)27-2/h3-11H,13-14H2,1-2H3,(H,23,24)/b17-11-. The van der Waals surface area contributed by atoms with Crippen LogP contribution < -0.4 is 14.8 Å². The first kappa shape index (κ1) is 20.5. The fourth-order valence-electron chi connectivity index (χ4n) is 2.31. The molecule has 28 heavy (non-hydrogen) atoms. The van der Waals surface area contributed by atoms with Crippen molar-refractivity contribution in [2.75, 3.05) is 20.8 Å².